The average Bonchev–Trinajstić information content (AvgIpc) is 3.41. The minimum Gasteiger partial charge on any atom is -0.506 e. The van der Waals surface area contributed by atoms with E-state index in [1.165, 1.54) is 30.5 Å². The smallest absolute Gasteiger partial charge is 0.295 e. The van der Waals surface area contributed by atoms with E-state index in [4.69, 9.17) is 9.47 Å². The molecule has 2 aromatic heterocycles. The number of rotatable bonds is 6. The van der Waals surface area contributed by atoms with Crippen molar-refractivity contribution in [1.29, 1.82) is 0 Å². The molecule has 158 valence electrons. The lowest BCUT2D eigenvalue weighted by Crippen LogP contribution is -2.28. The fourth-order valence-electron chi connectivity index (χ4n) is 3.69. The van der Waals surface area contributed by atoms with Crippen LogP contribution in [0.1, 0.15) is 22.0 Å². The second kappa shape index (κ2) is 8.61. The minimum atomic E-state index is -0.752. The van der Waals surface area contributed by atoms with Gasteiger partial charge in [0.1, 0.15) is 22.8 Å². The predicted octanol–water partition coefficient (Wildman–Crippen LogP) is 3.78. The molecule has 4 rings (SSSR count). The van der Waals surface area contributed by atoms with Crippen molar-refractivity contribution in [2.24, 2.45) is 0 Å². The maximum absolute atomic E-state index is 13.1. The first-order valence-electron chi connectivity index (χ1n) is 9.49. The van der Waals surface area contributed by atoms with Crippen LogP contribution in [0.2, 0.25) is 0 Å². The van der Waals surface area contributed by atoms with Gasteiger partial charge in [-0.3, -0.25) is 14.6 Å². The molecule has 7 nitrogen and oxygen atoms in total. The van der Waals surface area contributed by atoms with Crippen LogP contribution in [0.15, 0.2) is 65.8 Å². The van der Waals surface area contributed by atoms with Crippen molar-refractivity contribution in [2.75, 3.05) is 14.2 Å². The van der Waals surface area contributed by atoms with Crippen LogP contribution in [0.4, 0.5) is 0 Å². The summed E-state index contributed by atoms with van der Waals surface area (Å²) in [5, 5.41) is 13.2. The van der Waals surface area contributed by atoms with Crippen molar-refractivity contribution in [3.05, 3.63) is 81.8 Å². The number of likely N-dealkylation sites (tertiary alicyclic amines) is 1. The summed E-state index contributed by atoms with van der Waals surface area (Å²) in [5.74, 6) is -1.09. The molecule has 8 heteroatoms. The third-order valence-electron chi connectivity index (χ3n) is 5.12. The molecule has 1 atom stereocenters. The number of hydrogen-bond acceptors (Lipinski definition) is 7. The van der Waals surface area contributed by atoms with E-state index >= 15 is 0 Å². The summed E-state index contributed by atoms with van der Waals surface area (Å²) in [7, 11) is 2.93. The van der Waals surface area contributed by atoms with Gasteiger partial charge < -0.3 is 19.5 Å². The molecule has 1 aromatic carbocycles. The van der Waals surface area contributed by atoms with Gasteiger partial charge in [0, 0.05) is 23.8 Å². The summed E-state index contributed by atoms with van der Waals surface area (Å²) in [6.07, 6.45) is 3.26. The van der Waals surface area contributed by atoms with Gasteiger partial charge >= 0.3 is 0 Å². The van der Waals surface area contributed by atoms with Gasteiger partial charge in [-0.1, -0.05) is 12.1 Å². The van der Waals surface area contributed by atoms with Gasteiger partial charge in [-0.25, -0.2) is 0 Å². The maximum Gasteiger partial charge on any atom is 0.295 e. The van der Waals surface area contributed by atoms with Crippen LogP contribution < -0.4 is 9.47 Å². The van der Waals surface area contributed by atoms with Gasteiger partial charge in [-0.05, 0) is 41.3 Å². The van der Waals surface area contributed by atoms with Crippen molar-refractivity contribution in [3.63, 3.8) is 0 Å². The van der Waals surface area contributed by atoms with E-state index in [9.17, 15) is 14.7 Å². The number of nitrogens with zero attached hydrogens (tertiary/aromatic N) is 2. The molecule has 1 amide bonds. The first kappa shape index (κ1) is 20.6. The van der Waals surface area contributed by atoms with Crippen LogP contribution in [-0.4, -0.2) is 40.9 Å². The van der Waals surface area contributed by atoms with Crippen LogP contribution in [-0.2, 0) is 16.1 Å². The molecule has 0 spiro atoms. The highest BCUT2D eigenvalue weighted by Crippen LogP contribution is 2.44. The predicted molar refractivity (Wildman–Crippen MR) is 116 cm³/mol. The molecule has 0 aliphatic carbocycles. The Balaban J connectivity index is 1.90. The van der Waals surface area contributed by atoms with Crippen LogP contribution >= 0.6 is 11.3 Å². The summed E-state index contributed by atoms with van der Waals surface area (Å²) in [6, 6.07) is 11.6. The highest BCUT2D eigenvalue weighted by molar-refractivity contribution is 7.10. The van der Waals surface area contributed by atoms with E-state index in [0.29, 0.717) is 11.5 Å². The van der Waals surface area contributed by atoms with Crippen LogP contribution in [0.25, 0.3) is 5.76 Å². The van der Waals surface area contributed by atoms with E-state index in [1.807, 2.05) is 17.5 Å². The Bertz CT molecular complexity index is 1120. The summed E-state index contributed by atoms with van der Waals surface area (Å²) >= 11 is 1.41. The number of aliphatic hydroxyl groups is 1. The lowest BCUT2D eigenvalue weighted by Gasteiger charge is -2.24. The molecule has 3 aromatic rings. The number of benzene rings is 1. The second-order valence-corrected chi connectivity index (χ2v) is 7.81. The molecule has 1 fully saturated rings. The molecule has 31 heavy (non-hydrogen) atoms. The SMILES string of the molecule is COc1cccc(OC)c1/C(O)=C1\C(=O)C(=O)N(Cc2ccncc2)C1c1cccs1. The number of pyridine rings is 1. The maximum atomic E-state index is 13.1. The Morgan fingerprint density at radius 2 is 1.74 bits per heavy atom. The summed E-state index contributed by atoms with van der Waals surface area (Å²) in [5.41, 5.74) is 1.06. The monoisotopic (exact) mass is 436 g/mol. The Kier molecular flexibility index (Phi) is 5.73. The van der Waals surface area contributed by atoms with Crippen molar-refractivity contribution >= 4 is 28.8 Å². The molecule has 1 saturated heterocycles. The number of hydrogen-bond donors (Lipinski definition) is 1. The largest absolute Gasteiger partial charge is 0.506 e. The Hall–Kier alpha value is -3.65. The Morgan fingerprint density at radius 1 is 1.06 bits per heavy atom. The molecule has 1 unspecified atom stereocenters. The number of aliphatic hydroxyl groups excluding tert-OH is 1. The van der Waals surface area contributed by atoms with Crippen LogP contribution in [0, 0.1) is 0 Å². The summed E-state index contributed by atoms with van der Waals surface area (Å²) in [4.78, 5) is 32.4. The van der Waals surface area contributed by atoms with Crippen molar-refractivity contribution in [1.82, 2.24) is 9.88 Å². The van der Waals surface area contributed by atoms with E-state index in [-0.39, 0.29) is 23.4 Å². The van der Waals surface area contributed by atoms with Crippen molar-refractivity contribution < 1.29 is 24.2 Å². The highest BCUT2D eigenvalue weighted by Gasteiger charge is 2.47. The molecule has 1 N–H and O–H groups in total. The highest BCUT2D eigenvalue weighted by atomic mass is 32.1. The molecular formula is C23H20N2O5S. The number of amides is 1. The number of ether oxygens (including phenoxy) is 2. The van der Waals surface area contributed by atoms with Crippen molar-refractivity contribution in [3.8, 4) is 11.5 Å². The summed E-state index contributed by atoms with van der Waals surface area (Å²) in [6.45, 7) is 0.204. The third kappa shape index (κ3) is 3.66. The normalized spacial score (nSPS) is 17.7. The molecule has 0 radical (unpaired) electrons. The third-order valence-corrected chi connectivity index (χ3v) is 6.04. The molecule has 1 aliphatic rings. The number of ketones is 1. The fourth-order valence-corrected chi connectivity index (χ4v) is 4.54. The molecule has 3 heterocycles. The van der Waals surface area contributed by atoms with E-state index < -0.39 is 17.7 Å². The zero-order chi connectivity index (χ0) is 22.0. The number of carbonyl (C=O) groups excluding carboxylic acids is 2. The van der Waals surface area contributed by atoms with Gasteiger partial charge in [0.2, 0.25) is 0 Å². The quantitative estimate of drug-likeness (QED) is 0.359. The number of Topliss-reactive ketones (excluding diaryl/α,β-unsaturated/α-hetero) is 1. The van der Waals surface area contributed by atoms with Crippen LogP contribution in [0.5, 0.6) is 11.5 Å². The van der Waals surface area contributed by atoms with E-state index in [1.54, 1.807) is 42.7 Å². The minimum absolute atomic E-state index is 0.00399. The topological polar surface area (TPSA) is 89.0 Å². The van der Waals surface area contributed by atoms with Gasteiger partial charge in [0.15, 0.2) is 0 Å². The lowest BCUT2D eigenvalue weighted by molar-refractivity contribution is -0.140. The number of thiophene rings is 1. The first-order valence-corrected chi connectivity index (χ1v) is 10.4. The molecular weight excluding hydrogens is 416 g/mol. The Morgan fingerprint density at radius 3 is 2.32 bits per heavy atom. The van der Waals surface area contributed by atoms with Crippen LogP contribution in [0.3, 0.4) is 0 Å². The zero-order valence-electron chi connectivity index (χ0n) is 16.9. The molecule has 0 bridgehead atoms. The van der Waals surface area contributed by atoms with E-state index in [2.05, 4.69) is 4.98 Å². The number of methoxy groups -OCH3 is 2. The summed E-state index contributed by atoms with van der Waals surface area (Å²) < 4.78 is 10.8. The molecule has 1 aliphatic heterocycles. The number of carbonyl (C=O) groups is 2. The first-order chi connectivity index (χ1) is 15.1. The average molecular weight is 436 g/mol. The Labute approximate surface area is 183 Å². The standard InChI is InChI=1S/C23H20N2O5S/c1-29-15-5-3-6-16(30-2)18(15)21(26)19-20(17-7-4-12-31-17)25(23(28)22(19)27)13-14-8-10-24-11-9-14/h3-12,20,26H,13H2,1-2H3/b21-19+. The second-order valence-electron chi connectivity index (χ2n) is 6.84. The number of aromatic nitrogens is 1. The van der Waals surface area contributed by atoms with Gasteiger partial charge in [-0.2, -0.15) is 0 Å². The van der Waals surface area contributed by atoms with E-state index in [0.717, 1.165) is 10.4 Å². The van der Waals surface area contributed by atoms with Crippen molar-refractivity contribution in [2.45, 2.75) is 12.6 Å². The lowest BCUT2D eigenvalue weighted by atomic mass is 9.98. The molecule has 0 saturated carbocycles. The van der Waals surface area contributed by atoms with Gasteiger partial charge in [-0.15, -0.1) is 11.3 Å². The fraction of sp³-hybridized carbons (Fsp3) is 0.174. The van der Waals surface area contributed by atoms with Gasteiger partial charge in [0.25, 0.3) is 11.7 Å². The zero-order valence-corrected chi connectivity index (χ0v) is 17.8. The van der Waals surface area contributed by atoms with Gasteiger partial charge in [0.05, 0.1) is 25.8 Å².